The van der Waals surface area contributed by atoms with E-state index >= 15 is 0 Å². The Hall–Kier alpha value is -2.69. The van der Waals surface area contributed by atoms with Gasteiger partial charge in [-0.2, -0.15) is 0 Å². The SMILES string of the molecule is Cc1cccc2c(C(=O)O)nc(-c3cccnc3)n12. The van der Waals surface area contributed by atoms with Gasteiger partial charge >= 0.3 is 5.97 Å². The molecule has 0 aliphatic rings. The molecule has 5 heteroatoms. The van der Waals surface area contributed by atoms with Crippen LogP contribution in [-0.4, -0.2) is 25.4 Å². The molecule has 3 aromatic heterocycles. The molecule has 0 aliphatic heterocycles. The molecule has 0 unspecified atom stereocenters. The number of nitrogens with zero attached hydrogens (tertiary/aromatic N) is 3. The van der Waals surface area contributed by atoms with Gasteiger partial charge < -0.3 is 5.11 Å². The maximum Gasteiger partial charge on any atom is 0.356 e. The second-order valence-electron chi connectivity index (χ2n) is 4.22. The summed E-state index contributed by atoms with van der Waals surface area (Å²) in [5.41, 5.74) is 2.37. The molecule has 0 radical (unpaired) electrons. The molecular formula is C14H11N3O2. The molecular weight excluding hydrogens is 242 g/mol. The zero-order valence-corrected chi connectivity index (χ0v) is 10.2. The molecule has 0 saturated heterocycles. The van der Waals surface area contributed by atoms with Crippen molar-refractivity contribution in [3.63, 3.8) is 0 Å². The highest BCUT2D eigenvalue weighted by Gasteiger charge is 2.18. The van der Waals surface area contributed by atoms with Crippen LogP contribution in [-0.2, 0) is 0 Å². The van der Waals surface area contributed by atoms with E-state index in [4.69, 9.17) is 0 Å². The van der Waals surface area contributed by atoms with Gasteiger partial charge in [-0.3, -0.25) is 9.38 Å². The van der Waals surface area contributed by atoms with Crippen LogP contribution in [0.2, 0.25) is 0 Å². The fourth-order valence-electron chi connectivity index (χ4n) is 2.14. The van der Waals surface area contributed by atoms with E-state index in [-0.39, 0.29) is 5.69 Å². The summed E-state index contributed by atoms with van der Waals surface area (Å²) in [6.45, 7) is 1.92. The maximum atomic E-state index is 11.3. The van der Waals surface area contributed by atoms with Gasteiger partial charge in [-0.1, -0.05) is 6.07 Å². The lowest BCUT2D eigenvalue weighted by molar-refractivity contribution is 0.0693. The second-order valence-corrected chi connectivity index (χ2v) is 4.22. The molecule has 0 bridgehead atoms. The van der Waals surface area contributed by atoms with Crippen LogP contribution in [0.15, 0.2) is 42.7 Å². The van der Waals surface area contributed by atoms with Crippen molar-refractivity contribution in [2.45, 2.75) is 6.92 Å². The van der Waals surface area contributed by atoms with E-state index in [1.165, 1.54) is 0 Å². The topological polar surface area (TPSA) is 67.5 Å². The molecule has 5 nitrogen and oxygen atoms in total. The Balaban J connectivity index is 2.40. The van der Waals surface area contributed by atoms with E-state index in [2.05, 4.69) is 9.97 Å². The second kappa shape index (κ2) is 4.20. The molecule has 0 fully saturated rings. The first-order valence-electron chi connectivity index (χ1n) is 5.80. The number of rotatable bonds is 2. The van der Waals surface area contributed by atoms with Gasteiger partial charge in [-0.05, 0) is 31.2 Å². The number of hydrogen-bond donors (Lipinski definition) is 1. The van der Waals surface area contributed by atoms with Crippen molar-refractivity contribution in [3.8, 4) is 11.4 Å². The van der Waals surface area contributed by atoms with Crippen molar-refractivity contribution < 1.29 is 9.90 Å². The van der Waals surface area contributed by atoms with E-state index < -0.39 is 5.97 Å². The first-order valence-corrected chi connectivity index (χ1v) is 5.80. The Bertz CT molecular complexity index is 763. The number of aromatic carboxylic acids is 1. The molecule has 3 rings (SSSR count). The van der Waals surface area contributed by atoms with Gasteiger partial charge in [0.2, 0.25) is 0 Å². The van der Waals surface area contributed by atoms with Gasteiger partial charge in [0.1, 0.15) is 5.82 Å². The van der Waals surface area contributed by atoms with Crippen LogP contribution in [0.1, 0.15) is 16.2 Å². The Morgan fingerprint density at radius 2 is 2.11 bits per heavy atom. The Morgan fingerprint density at radius 1 is 1.26 bits per heavy atom. The minimum atomic E-state index is -1.03. The van der Waals surface area contributed by atoms with Gasteiger partial charge in [0.05, 0.1) is 5.52 Å². The van der Waals surface area contributed by atoms with Crippen molar-refractivity contribution >= 4 is 11.5 Å². The molecule has 3 heterocycles. The Labute approximate surface area is 109 Å². The van der Waals surface area contributed by atoms with Crippen molar-refractivity contribution in [2.75, 3.05) is 0 Å². The van der Waals surface area contributed by atoms with E-state index in [0.717, 1.165) is 11.3 Å². The van der Waals surface area contributed by atoms with Gasteiger partial charge in [0, 0.05) is 23.7 Å². The number of pyridine rings is 2. The fraction of sp³-hybridized carbons (Fsp3) is 0.0714. The average molecular weight is 253 g/mol. The van der Waals surface area contributed by atoms with Gasteiger partial charge in [-0.15, -0.1) is 0 Å². The van der Waals surface area contributed by atoms with Crippen LogP contribution in [0, 0.1) is 6.92 Å². The largest absolute Gasteiger partial charge is 0.476 e. The predicted molar refractivity (Wildman–Crippen MR) is 70.1 cm³/mol. The smallest absolute Gasteiger partial charge is 0.356 e. The minimum absolute atomic E-state index is 0.0579. The first kappa shape index (κ1) is 11.4. The number of carbonyl (C=O) groups is 1. The Kier molecular flexibility index (Phi) is 2.52. The highest BCUT2D eigenvalue weighted by Crippen LogP contribution is 2.23. The van der Waals surface area contributed by atoms with Crippen LogP contribution in [0.5, 0.6) is 0 Å². The third-order valence-corrected chi connectivity index (χ3v) is 2.98. The normalized spacial score (nSPS) is 10.8. The highest BCUT2D eigenvalue weighted by molar-refractivity contribution is 5.95. The number of carboxylic acid groups (broad SMARTS) is 1. The number of carboxylic acids is 1. The summed E-state index contributed by atoms with van der Waals surface area (Å²) in [5, 5.41) is 9.24. The number of aryl methyl sites for hydroxylation is 1. The van der Waals surface area contributed by atoms with Crippen LogP contribution >= 0.6 is 0 Å². The van der Waals surface area contributed by atoms with Crippen molar-refractivity contribution in [3.05, 3.63) is 54.1 Å². The monoisotopic (exact) mass is 253 g/mol. The number of imidazole rings is 1. The minimum Gasteiger partial charge on any atom is -0.476 e. The third-order valence-electron chi connectivity index (χ3n) is 2.98. The lowest BCUT2D eigenvalue weighted by atomic mass is 10.2. The van der Waals surface area contributed by atoms with Gasteiger partial charge in [-0.25, -0.2) is 9.78 Å². The maximum absolute atomic E-state index is 11.3. The standard InChI is InChI=1S/C14H11N3O2/c1-9-4-2-6-11-12(14(18)19)16-13(17(9)11)10-5-3-7-15-8-10/h2-8H,1H3,(H,18,19). The molecule has 0 atom stereocenters. The highest BCUT2D eigenvalue weighted by atomic mass is 16.4. The van der Waals surface area contributed by atoms with Crippen molar-refractivity contribution in [1.82, 2.24) is 14.4 Å². The zero-order valence-electron chi connectivity index (χ0n) is 10.2. The van der Waals surface area contributed by atoms with Crippen molar-refractivity contribution in [1.29, 1.82) is 0 Å². The number of aromatic nitrogens is 3. The first-order chi connectivity index (χ1) is 9.18. The zero-order chi connectivity index (χ0) is 13.4. The molecule has 19 heavy (non-hydrogen) atoms. The van der Waals surface area contributed by atoms with Crippen LogP contribution < -0.4 is 0 Å². The van der Waals surface area contributed by atoms with Crippen LogP contribution in [0.25, 0.3) is 16.9 Å². The lowest BCUT2D eigenvalue weighted by Crippen LogP contribution is -1.97. The lowest BCUT2D eigenvalue weighted by Gasteiger charge is -2.04. The fourth-order valence-corrected chi connectivity index (χ4v) is 2.14. The average Bonchev–Trinajstić information content (AvgIpc) is 2.81. The predicted octanol–water partition coefficient (Wildman–Crippen LogP) is 2.40. The Morgan fingerprint density at radius 3 is 2.79 bits per heavy atom. The molecule has 3 aromatic rings. The molecule has 0 aliphatic carbocycles. The number of fused-ring (bicyclic) bond motifs is 1. The molecule has 0 spiro atoms. The summed E-state index contributed by atoms with van der Waals surface area (Å²) < 4.78 is 1.83. The van der Waals surface area contributed by atoms with Crippen molar-refractivity contribution in [2.24, 2.45) is 0 Å². The summed E-state index contributed by atoms with van der Waals surface area (Å²) in [6.07, 6.45) is 3.34. The van der Waals surface area contributed by atoms with Gasteiger partial charge in [0.15, 0.2) is 5.69 Å². The summed E-state index contributed by atoms with van der Waals surface area (Å²) >= 11 is 0. The molecule has 0 aromatic carbocycles. The van der Waals surface area contributed by atoms with Gasteiger partial charge in [0.25, 0.3) is 0 Å². The van der Waals surface area contributed by atoms with E-state index in [1.54, 1.807) is 24.5 Å². The summed E-state index contributed by atoms with van der Waals surface area (Å²) in [7, 11) is 0. The third kappa shape index (κ3) is 1.76. The molecule has 0 saturated carbocycles. The van der Waals surface area contributed by atoms with E-state index in [9.17, 15) is 9.90 Å². The summed E-state index contributed by atoms with van der Waals surface area (Å²) in [4.78, 5) is 19.6. The van der Waals surface area contributed by atoms with Crippen LogP contribution in [0.3, 0.4) is 0 Å². The summed E-state index contributed by atoms with van der Waals surface area (Å²) in [5.74, 6) is -0.433. The molecule has 1 N–H and O–H groups in total. The van der Waals surface area contributed by atoms with Crippen LogP contribution in [0.4, 0.5) is 0 Å². The number of hydrogen-bond acceptors (Lipinski definition) is 3. The van der Waals surface area contributed by atoms with E-state index in [0.29, 0.717) is 11.3 Å². The summed E-state index contributed by atoms with van der Waals surface area (Å²) in [6, 6.07) is 9.16. The van der Waals surface area contributed by atoms with E-state index in [1.807, 2.05) is 29.5 Å². The molecule has 0 amide bonds. The molecule has 94 valence electrons. The quantitative estimate of drug-likeness (QED) is 0.761.